The van der Waals surface area contributed by atoms with E-state index >= 15 is 0 Å². The van der Waals surface area contributed by atoms with Crippen LogP contribution in [0.4, 0.5) is 5.69 Å². The number of hydrogen-bond acceptors (Lipinski definition) is 6. The predicted octanol–water partition coefficient (Wildman–Crippen LogP) is 3.96. The fourth-order valence-electron chi connectivity index (χ4n) is 2.53. The van der Waals surface area contributed by atoms with Crippen LogP contribution in [-0.4, -0.2) is 18.1 Å². The first-order valence-electron chi connectivity index (χ1n) is 8.34. The molecular formula is C20H20NO5-. The van der Waals surface area contributed by atoms with E-state index in [-0.39, 0.29) is 29.2 Å². The molecule has 1 aliphatic carbocycles. The summed E-state index contributed by atoms with van der Waals surface area (Å²) >= 11 is 0. The van der Waals surface area contributed by atoms with Gasteiger partial charge in [0, 0.05) is 11.5 Å². The zero-order valence-electron chi connectivity index (χ0n) is 14.4. The summed E-state index contributed by atoms with van der Waals surface area (Å²) in [6.07, 6.45) is 5.42. The highest BCUT2D eigenvalue weighted by Crippen LogP contribution is 2.30. The van der Waals surface area contributed by atoms with E-state index in [0.29, 0.717) is 11.5 Å². The lowest BCUT2D eigenvalue weighted by atomic mass is 10.1. The molecule has 0 bridgehead atoms. The topological polar surface area (TPSA) is 82.1 Å². The van der Waals surface area contributed by atoms with Crippen molar-refractivity contribution in [3.8, 4) is 11.5 Å². The Morgan fingerprint density at radius 3 is 2.62 bits per heavy atom. The van der Waals surface area contributed by atoms with Crippen LogP contribution in [0.15, 0.2) is 48.5 Å². The molecule has 6 nitrogen and oxygen atoms in total. The lowest BCUT2D eigenvalue weighted by Gasteiger charge is -2.21. The smallest absolute Gasteiger partial charge is 0.158 e. The summed E-state index contributed by atoms with van der Waals surface area (Å²) in [6.45, 7) is 0.265. The molecule has 0 amide bonds. The fraction of sp³-hybridized carbons (Fsp3) is 0.250. The summed E-state index contributed by atoms with van der Waals surface area (Å²) in [7, 11) is 1.59. The normalized spacial score (nSPS) is 13.7. The molecule has 1 N–H and O–H groups in total. The third kappa shape index (κ3) is 4.62. The van der Waals surface area contributed by atoms with Crippen LogP contribution in [0.25, 0.3) is 6.08 Å². The number of ketones is 1. The molecule has 26 heavy (non-hydrogen) atoms. The van der Waals surface area contributed by atoms with Crippen molar-refractivity contribution >= 4 is 17.5 Å². The summed E-state index contributed by atoms with van der Waals surface area (Å²) in [5.74, 6) is 1.63. The lowest BCUT2D eigenvalue weighted by Crippen LogP contribution is -2.06. The van der Waals surface area contributed by atoms with Gasteiger partial charge in [0.1, 0.15) is 18.1 Å². The summed E-state index contributed by atoms with van der Waals surface area (Å²) in [5.41, 5.74) is 1.86. The van der Waals surface area contributed by atoms with Crippen LogP contribution >= 0.6 is 0 Å². The molecule has 3 rings (SSSR count). The molecule has 2 aromatic carbocycles. The van der Waals surface area contributed by atoms with Crippen LogP contribution in [0.3, 0.4) is 0 Å². The number of carbonyl (C=O) groups excluding carboxylic acids is 1. The van der Waals surface area contributed by atoms with E-state index in [1.807, 2.05) is 24.3 Å². The number of carbonyl (C=O) groups is 1. The molecule has 0 radical (unpaired) electrons. The molecule has 1 saturated carbocycles. The van der Waals surface area contributed by atoms with E-state index in [9.17, 15) is 10.0 Å². The molecule has 1 fully saturated rings. The second-order valence-electron chi connectivity index (χ2n) is 6.14. The molecule has 2 aromatic rings. The van der Waals surface area contributed by atoms with Crippen LogP contribution < -0.4 is 14.7 Å². The first-order valence-corrected chi connectivity index (χ1v) is 8.34. The van der Waals surface area contributed by atoms with E-state index in [0.717, 1.165) is 24.0 Å². The van der Waals surface area contributed by atoms with Crippen LogP contribution in [0, 0.1) is 11.1 Å². The van der Waals surface area contributed by atoms with Crippen LogP contribution in [0.1, 0.15) is 24.0 Å². The van der Waals surface area contributed by atoms with Crippen LogP contribution in [0.5, 0.6) is 11.5 Å². The largest absolute Gasteiger partial charge is 0.733 e. The number of ether oxygens (including phenoxy) is 2. The molecule has 0 spiro atoms. The number of nitrogens with zero attached hydrogens (tertiary/aromatic N) is 1. The highest BCUT2D eigenvalue weighted by molar-refractivity contribution is 5.96. The minimum Gasteiger partial charge on any atom is -0.733 e. The Morgan fingerprint density at radius 1 is 1.27 bits per heavy atom. The Balaban J connectivity index is 1.68. The number of rotatable bonds is 8. The number of allylic oxidation sites excluding steroid dienone is 1. The van der Waals surface area contributed by atoms with Crippen LogP contribution in [0.2, 0.25) is 0 Å². The molecule has 0 aromatic heterocycles. The Morgan fingerprint density at radius 2 is 2.00 bits per heavy atom. The van der Waals surface area contributed by atoms with Gasteiger partial charge in [0.15, 0.2) is 5.78 Å². The zero-order chi connectivity index (χ0) is 18.5. The maximum absolute atomic E-state index is 11.8. The van der Waals surface area contributed by atoms with E-state index in [4.69, 9.17) is 14.7 Å². The van der Waals surface area contributed by atoms with Crippen molar-refractivity contribution in [1.82, 2.24) is 0 Å². The highest BCUT2D eigenvalue weighted by atomic mass is 16.8. The van der Waals surface area contributed by atoms with Gasteiger partial charge in [-0.2, -0.15) is 0 Å². The minimum atomic E-state index is -0.203. The van der Waals surface area contributed by atoms with Gasteiger partial charge in [-0.15, -0.1) is 0 Å². The number of methoxy groups -OCH3 is 1. The Labute approximate surface area is 151 Å². The lowest BCUT2D eigenvalue weighted by molar-refractivity contribution is -0.115. The third-order valence-corrected chi connectivity index (χ3v) is 4.18. The van der Waals surface area contributed by atoms with E-state index in [1.165, 1.54) is 12.1 Å². The maximum atomic E-state index is 11.8. The van der Waals surface area contributed by atoms with Crippen LogP contribution in [-0.2, 0) is 11.4 Å². The van der Waals surface area contributed by atoms with Crippen molar-refractivity contribution in [2.24, 2.45) is 5.92 Å². The van der Waals surface area contributed by atoms with Crippen molar-refractivity contribution in [3.05, 3.63) is 64.9 Å². The van der Waals surface area contributed by atoms with Gasteiger partial charge in [-0.1, -0.05) is 12.1 Å². The van der Waals surface area contributed by atoms with Gasteiger partial charge in [-0.05, 0) is 60.9 Å². The fourth-order valence-corrected chi connectivity index (χ4v) is 2.53. The Kier molecular flexibility index (Phi) is 5.55. The zero-order valence-corrected chi connectivity index (χ0v) is 14.4. The molecule has 1 aliphatic rings. The monoisotopic (exact) mass is 354 g/mol. The summed E-state index contributed by atoms with van der Waals surface area (Å²) in [6, 6.07) is 11.8. The van der Waals surface area contributed by atoms with Gasteiger partial charge in [0.25, 0.3) is 0 Å². The SMILES string of the molecule is COc1ccc(C=CC(=O)C2CC2)cc1COc1ccc(N([O-])O)cc1. The van der Waals surface area contributed by atoms with Gasteiger partial charge >= 0.3 is 0 Å². The first kappa shape index (κ1) is 18.0. The van der Waals surface area contributed by atoms with Crippen molar-refractivity contribution in [2.75, 3.05) is 12.3 Å². The third-order valence-electron chi connectivity index (χ3n) is 4.18. The summed E-state index contributed by atoms with van der Waals surface area (Å²) < 4.78 is 11.1. The molecule has 136 valence electrons. The van der Waals surface area contributed by atoms with Crippen molar-refractivity contribution in [2.45, 2.75) is 19.4 Å². The molecule has 0 unspecified atom stereocenters. The van der Waals surface area contributed by atoms with Crippen molar-refractivity contribution in [3.63, 3.8) is 0 Å². The van der Waals surface area contributed by atoms with Gasteiger partial charge in [0.05, 0.1) is 12.8 Å². The molecule has 0 heterocycles. The minimum absolute atomic E-state index is 0.127. The predicted molar refractivity (Wildman–Crippen MR) is 98.2 cm³/mol. The van der Waals surface area contributed by atoms with Gasteiger partial charge in [0.2, 0.25) is 0 Å². The van der Waals surface area contributed by atoms with Gasteiger partial charge in [-0.3, -0.25) is 10.0 Å². The maximum Gasteiger partial charge on any atom is 0.158 e. The quantitative estimate of drug-likeness (QED) is 0.571. The number of benzene rings is 2. The van der Waals surface area contributed by atoms with E-state index < -0.39 is 0 Å². The highest BCUT2D eigenvalue weighted by Gasteiger charge is 2.27. The average Bonchev–Trinajstić information content (AvgIpc) is 3.50. The Bertz CT molecular complexity index is 794. The molecule has 0 saturated heterocycles. The number of anilines is 1. The van der Waals surface area contributed by atoms with E-state index in [2.05, 4.69) is 0 Å². The van der Waals surface area contributed by atoms with Gasteiger partial charge < -0.3 is 19.9 Å². The molecular weight excluding hydrogens is 334 g/mol. The summed E-state index contributed by atoms with van der Waals surface area (Å²) in [5, 5.41) is 19.4. The van der Waals surface area contributed by atoms with Crippen molar-refractivity contribution in [1.29, 1.82) is 0 Å². The number of hydrogen-bond donors (Lipinski definition) is 1. The average molecular weight is 354 g/mol. The Hall–Kier alpha value is -2.83. The van der Waals surface area contributed by atoms with Crippen molar-refractivity contribution < 1.29 is 19.5 Å². The van der Waals surface area contributed by atoms with Gasteiger partial charge in [-0.25, -0.2) is 0 Å². The van der Waals surface area contributed by atoms with E-state index in [1.54, 1.807) is 25.3 Å². The second kappa shape index (κ2) is 8.03. The first-order chi connectivity index (χ1) is 12.6. The molecule has 0 aliphatic heterocycles. The molecule has 0 atom stereocenters. The standard InChI is InChI=1S/C20H20NO5/c1-25-20-11-3-14(2-10-19(22)15-4-5-15)12-16(20)13-26-18-8-6-17(7-9-18)21(23)24/h2-3,6-12,15,23H,4-5,13H2,1H3/q-1. The summed E-state index contributed by atoms with van der Waals surface area (Å²) in [4.78, 5) is 11.8. The second-order valence-corrected chi connectivity index (χ2v) is 6.14. The molecule has 6 heteroatoms.